The molecule has 8 heteroatoms. The van der Waals surface area contributed by atoms with Gasteiger partial charge in [-0.2, -0.15) is 5.26 Å². The van der Waals surface area contributed by atoms with E-state index in [1.54, 1.807) is 24.3 Å². The maximum atomic E-state index is 11.8. The molecule has 3 N–H and O–H groups in total. The minimum absolute atomic E-state index is 0.112. The van der Waals surface area contributed by atoms with Crippen LogP contribution >= 0.6 is 11.6 Å². The van der Waals surface area contributed by atoms with Gasteiger partial charge in [0, 0.05) is 6.42 Å². The van der Waals surface area contributed by atoms with Gasteiger partial charge in [0.25, 0.3) is 5.91 Å². The summed E-state index contributed by atoms with van der Waals surface area (Å²) in [5.41, 5.74) is 0.443. The molecule has 0 fully saturated rings. The summed E-state index contributed by atoms with van der Waals surface area (Å²) >= 11 is 5.96. The largest absolute Gasteiger partial charge is 0.477 e. The molecule has 1 aliphatic rings. The standard InChI is InChI=1S/C12H10ClN3O4/c13-7-2-1-3-8-10(7)20-9(11(17)16-8)4-6(5-14)15-12(18)19/h1-3,6,9,15H,4H2,(H,16,17)(H,18,19)/t6-,9-/m0/s1. The Labute approximate surface area is 119 Å². The molecule has 2 rings (SSSR count). The predicted octanol–water partition coefficient (Wildman–Crippen LogP) is 1.59. The Morgan fingerprint density at radius 3 is 3.05 bits per heavy atom. The van der Waals surface area contributed by atoms with E-state index in [1.807, 2.05) is 5.32 Å². The van der Waals surface area contributed by atoms with Gasteiger partial charge in [0.2, 0.25) is 0 Å². The molecule has 20 heavy (non-hydrogen) atoms. The van der Waals surface area contributed by atoms with Crippen molar-refractivity contribution in [1.29, 1.82) is 5.26 Å². The molecule has 2 amide bonds. The Morgan fingerprint density at radius 2 is 2.40 bits per heavy atom. The van der Waals surface area contributed by atoms with Gasteiger partial charge in [0.1, 0.15) is 6.04 Å². The Bertz CT molecular complexity index is 599. The SMILES string of the molecule is N#C[C@H](C[C@@H]1Oc2c(Cl)cccc2NC1=O)NC(=O)O. The van der Waals surface area contributed by atoms with Gasteiger partial charge >= 0.3 is 6.09 Å². The molecule has 0 unspecified atom stereocenters. The number of nitrogens with one attached hydrogen (secondary N) is 2. The van der Waals surface area contributed by atoms with Crippen molar-refractivity contribution in [2.24, 2.45) is 0 Å². The van der Waals surface area contributed by atoms with Crippen molar-refractivity contribution in [3.63, 3.8) is 0 Å². The lowest BCUT2D eigenvalue weighted by Crippen LogP contribution is -2.43. The van der Waals surface area contributed by atoms with E-state index in [2.05, 4.69) is 5.32 Å². The van der Waals surface area contributed by atoms with Crippen LogP contribution < -0.4 is 15.4 Å². The van der Waals surface area contributed by atoms with Gasteiger partial charge in [0.05, 0.1) is 16.8 Å². The fourth-order valence-corrected chi connectivity index (χ4v) is 2.02. The van der Waals surface area contributed by atoms with Crippen molar-refractivity contribution in [3.8, 4) is 11.8 Å². The number of fused-ring (bicyclic) bond motifs is 1. The summed E-state index contributed by atoms with van der Waals surface area (Å²) in [6, 6.07) is 5.60. The van der Waals surface area contributed by atoms with Gasteiger partial charge in [-0.15, -0.1) is 0 Å². The van der Waals surface area contributed by atoms with Crippen molar-refractivity contribution < 1.29 is 19.4 Å². The van der Waals surface area contributed by atoms with E-state index in [1.165, 1.54) is 0 Å². The zero-order valence-corrected chi connectivity index (χ0v) is 10.8. The third-order valence-electron chi connectivity index (χ3n) is 2.68. The molecule has 2 atom stereocenters. The first kappa shape index (κ1) is 14.0. The lowest BCUT2D eigenvalue weighted by atomic mass is 10.1. The number of para-hydroxylation sites is 1. The third-order valence-corrected chi connectivity index (χ3v) is 2.98. The van der Waals surface area contributed by atoms with Gasteiger partial charge in [-0.25, -0.2) is 4.79 Å². The predicted molar refractivity (Wildman–Crippen MR) is 69.7 cm³/mol. The fourth-order valence-electron chi connectivity index (χ4n) is 1.80. The number of halogens is 1. The first-order chi connectivity index (χ1) is 9.51. The van der Waals surface area contributed by atoms with E-state index in [4.69, 9.17) is 26.7 Å². The molecular formula is C12H10ClN3O4. The van der Waals surface area contributed by atoms with Gasteiger partial charge < -0.3 is 20.5 Å². The van der Waals surface area contributed by atoms with E-state index in [-0.39, 0.29) is 6.42 Å². The van der Waals surface area contributed by atoms with Gasteiger partial charge in [0.15, 0.2) is 11.9 Å². The topological polar surface area (TPSA) is 111 Å². The molecule has 104 valence electrons. The first-order valence-electron chi connectivity index (χ1n) is 5.66. The summed E-state index contributed by atoms with van der Waals surface area (Å²) in [7, 11) is 0. The lowest BCUT2D eigenvalue weighted by molar-refractivity contribution is -0.123. The van der Waals surface area contributed by atoms with Crippen LogP contribution in [0.25, 0.3) is 0 Å². The van der Waals surface area contributed by atoms with E-state index >= 15 is 0 Å². The quantitative estimate of drug-likeness (QED) is 0.784. The molecule has 0 aromatic heterocycles. The maximum absolute atomic E-state index is 11.8. The third kappa shape index (κ3) is 2.92. The second-order valence-corrected chi connectivity index (χ2v) is 4.49. The number of carbonyl (C=O) groups is 2. The average molecular weight is 296 g/mol. The number of nitriles is 1. The summed E-state index contributed by atoms with van der Waals surface area (Å²) in [5.74, 6) is -0.141. The zero-order chi connectivity index (χ0) is 14.7. The molecule has 0 radical (unpaired) electrons. The monoisotopic (exact) mass is 295 g/mol. The molecule has 0 saturated carbocycles. The smallest absolute Gasteiger partial charge is 0.405 e. The highest BCUT2D eigenvalue weighted by Gasteiger charge is 2.31. The van der Waals surface area contributed by atoms with Crippen molar-refractivity contribution >= 4 is 29.3 Å². The van der Waals surface area contributed by atoms with Crippen LogP contribution in [0.2, 0.25) is 5.02 Å². The van der Waals surface area contributed by atoms with Crippen LogP contribution in [0, 0.1) is 11.3 Å². The molecule has 7 nitrogen and oxygen atoms in total. The van der Waals surface area contributed by atoms with Crippen LogP contribution in [0.1, 0.15) is 6.42 Å². The van der Waals surface area contributed by atoms with Gasteiger partial charge in [-0.05, 0) is 12.1 Å². The Hall–Kier alpha value is -2.46. The minimum atomic E-state index is -1.34. The van der Waals surface area contributed by atoms with Gasteiger partial charge in [-0.3, -0.25) is 4.79 Å². The second kappa shape index (κ2) is 5.67. The summed E-state index contributed by atoms with van der Waals surface area (Å²) in [4.78, 5) is 22.4. The summed E-state index contributed by atoms with van der Waals surface area (Å²) in [6.45, 7) is 0. The van der Waals surface area contributed by atoms with Crippen LogP contribution in [-0.4, -0.2) is 29.3 Å². The van der Waals surface area contributed by atoms with Crippen LogP contribution in [-0.2, 0) is 4.79 Å². The molecule has 1 aliphatic heterocycles. The highest BCUT2D eigenvalue weighted by atomic mass is 35.5. The number of hydrogen-bond acceptors (Lipinski definition) is 4. The van der Waals surface area contributed by atoms with Crippen molar-refractivity contribution in [2.75, 3.05) is 5.32 Å². The molecule has 1 aromatic carbocycles. The molecule has 0 bridgehead atoms. The number of rotatable bonds is 3. The minimum Gasteiger partial charge on any atom is -0.477 e. The molecular weight excluding hydrogens is 286 g/mol. The zero-order valence-electron chi connectivity index (χ0n) is 10.1. The molecule has 1 aromatic rings. The average Bonchev–Trinajstić information content (AvgIpc) is 2.39. The number of nitrogens with zero attached hydrogens (tertiary/aromatic N) is 1. The number of amides is 2. The van der Waals surface area contributed by atoms with E-state index in [9.17, 15) is 9.59 Å². The lowest BCUT2D eigenvalue weighted by Gasteiger charge is -2.27. The van der Waals surface area contributed by atoms with Crippen molar-refractivity contribution in [2.45, 2.75) is 18.6 Å². The van der Waals surface area contributed by atoms with Crippen LogP contribution in [0.5, 0.6) is 5.75 Å². The molecule has 0 aliphatic carbocycles. The Morgan fingerprint density at radius 1 is 1.65 bits per heavy atom. The van der Waals surface area contributed by atoms with Crippen LogP contribution in [0.3, 0.4) is 0 Å². The van der Waals surface area contributed by atoms with Crippen molar-refractivity contribution in [3.05, 3.63) is 23.2 Å². The van der Waals surface area contributed by atoms with Crippen LogP contribution in [0.4, 0.5) is 10.5 Å². The normalized spacial score (nSPS) is 18.0. The maximum Gasteiger partial charge on any atom is 0.405 e. The summed E-state index contributed by atoms with van der Waals surface area (Å²) in [6.07, 6.45) is -2.44. The van der Waals surface area contributed by atoms with E-state index < -0.39 is 24.1 Å². The number of benzene rings is 1. The first-order valence-corrected chi connectivity index (χ1v) is 6.04. The number of ether oxygens (including phenoxy) is 1. The summed E-state index contributed by atoms with van der Waals surface area (Å²) < 4.78 is 5.46. The molecule has 1 heterocycles. The Kier molecular flexibility index (Phi) is 3.96. The number of carboxylic acid groups (broad SMARTS) is 1. The van der Waals surface area contributed by atoms with E-state index in [0.29, 0.717) is 16.5 Å². The molecule has 0 saturated heterocycles. The molecule has 0 spiro atoms. The number of anilines is 1. The fraction of sp³-hybridized carbons (Fsp3) is 0.250. The van der Waals surface area contributed by atoms with Gasteiger partial charge in [-0.1, -0.05) is 17.7 Å². The Balaban J connectivity index is 2.15. The summed E-state index contributed by atoms with van der Waals surface area (Å²) in [5, 5.41) is 22.4. The second-order valence-electron chi connectivity index (χ2n) is 4.08. The highest BCUT2D eigenvalue weighted by molar-refractivity contribution is 6.32. The number of carbonyl (C=O) groups excluding carboxylic acids is 1. The highest BCUT2D eigenvalue weighted by Crippen LogP contribution is 2.36. The van der Waals surface area contributed by atoms with E-state index in [0.717, 1.165) is 0 Å². The van der Waals surface area contributed by atoms with Crippen molar-refractivity contribution in [1.82, 2.24) is 5.32 Å². The number of hydrogen-bond donors (Lipinski definition) is 3. The van der Waals surface area contributed by atoms with Crippen LogP contribution in [0.15, 0.2) is 18.2 Å².